The van der Waals surface area contributed by atoms with Gasteiger partial charge in [-0.3, -0.25) is 4.99 Å². The Labute approximate surface area is 273 Å². The standard InChI is InChI=1S/C43H44N3/c1-9-37-33(5)46(41-23-22-36(28-39(37)41)34-17-11-10-12-18-34)31(3)27-30(2)42(6)25-24-35-19-13-14-20-38(35)40-21-15-16-26-45(40)32(4)29-43(42,7)44-8/h9-23,26-28H,3-5,8,24-25,29H2,1-2,6-7H3/q+1/b30-27+,37-9+. The Hall–Kier alpha value is -5.02. The first-order valence-electron chi connectivity index (χ1n) is 16.1. The van der Waals surface area contributed by atoms with Gasteiger partial charge in [-0.05, 0) is 93.9 Å². The second kappa shape index (κ2) is 12.1. The van der Waals surface area contributed by atoms with E-state index >= 15 is 0 Å². The van der Waals surface area contributed by atoms with Gasteiger partial charge in [0.05, 0.1) is 17.5 Å². The lowest BCUT2D eigenvalue weighted by Gasteiger charge is -2.45. The van der Waals surface area contributed by atoms with Crippen molar-refractivity contribution < 1.29 is 4.57 Å². The van der Waals surface area contributed by atoms with Crippen molar-refractivity contribution in [3.63, 3.8) is 0 Å². The van der Waals surface area contributed by atoms with Gasteiger partial charge >= 0.3 is 0 Å². The fourth-order valence-corrected chi connectivity index (χ4v) is 7.41. The van der Waals surface area contributed by atoms with Crippen LogP contribution in [0.25, 0.3) is 57.3 Å². The monoisotopic (exact) mass is 602 g/mol. The summed E-state index contributed by atoms with van der Waals surface area (Å²) < 4.78 is 4.42. The zero-order chi connectivity index (χ0) is 32.6. The van der Waals surface area contributed by atoms with Crippen molar-refractivity contribution in [2.45, 2.75) is 52.5 Å². The smallest absolute Gasteiger partial charge is 0.218 e. The number of nitrogens with zero attached hydrogens (tertiary/aromatic N) is 3. The predicted octanol–water partition coefficient (Wildman–Crippen LogP) is 8.86. The fraction of sp³-hybridized carbons (Fsp3) is 0.209. The Morgan fingerprint density at radius 3 is 2.37 bits per heavy atom. The normalized spacial score (nSPS) is 20.7. The molecule has 2 unspecified atom stereocenters. The quantitative estimate of drug-likeness (QED) is 0.109. The SMILES string of the molecule is C=NC1(C)CC(=C)[n+]2ccccc2-c2ccccc2CCC1(C)/C(C)=C/C(=C)n1c(=C)/c(=C\C)c2cc(-c3ccccc3)ccc21. The van der Waals surface area contributed by atoms with Gasteiger partial charge in [-0.1, -0.05) is 86.3 Å². The number of benzene rings is 3. The van der Waals surface area contributed by atoms with E-state index in [1.807, 2.05) is 0 Å². The number of hydrogen-bond donors (Lipinski definition) is 0. The van der Waals surface area contributed by atoms with Gasteiger partial charge in [0.25, 0.3) is 0 Å². The van der Waals surface area contributed by atoms with Gasteiger partial charge in [0.2, 0.25) is 5.69 Å². The van der Waals surface area contributed by atoms with Crippen LogP contribution in [0, 0.1) is 5.41 Å². The molecule has 3 nitrogen and oxygen atoms in total. The van der Waals surface area contributed by atoms with Crippen LogP contribution in [0.15, 0.2) is 127 Å². The third kappa shape index (κ3) is 5.10. The molecule has 2 atom stereocenters. The largest absolute Gasteiger partial charge is 0.310 e. The van der Waals surface area contributed by atoms with Crippen LogP contribution >= 0.6 is 0 Å². The molecule has 0 spiro atoms. The first-order chi connectivity index (χ1) is 22.1. The molecule has 2 aromatic heterocycles. The van der Waals surface area contributed by atoms with Crippen molar-refractivity contribution in [3.05, 3.63) is 138 Å². The number of pyridine rings is 1. The third-order valence-corrected chi connectivity index (χ3v) is 10.5. The molecule has 0 saturated heterocycles. The summed E-state index contributed by atoms with van der Waals surface area (Å²) >= 11 is 0. The second-order valence-electron chi connectivity index (χ2n) is 13.0. The minimum absolute atomic E-state index is 0.342. The van der Waals surface area contributed by atoms with E-state index in [-0.39, 0.29) is 5.41 Å². The Bertz CT molecular complexity index is 2150. The maximum absolute atomic E-state index is 4.89. The van der Waals surface area contributed by atoms with Crippen LogP contribution < -0.4 is 15.1 Å². The van der Waals surface area contributed by atoms with E-state index in [9.17, 15) is 0 Å². The van der Waals surface area contributed by atoms with E-state index in [0.29, 0.717) is 6.42 Å². The zero-order valence-electron chi connectivity index (χ0n) is 27.7. The van der Waals surface area contributed by atoms with Gasteiger partial charge in [0.1, 0.15) is 0 Å². The van der Waals surface area contributed by atoms with Crippen molar-refractivity contribution in [1.82, 2.24) is 4.57 Å². The van der Waals surface area contributed by atoms with Crippen LogP contribution in [0.1, 0.15) is 46.1 Å². The fourth-order valence-electron chi connectivity index (χ4n) is 7.41. The van der Waals surface area contributed by atoms with E-state index in [1.165, 1.54) is 33.2 Å². The Morgan fingerprint density at radius 2 is 1.63 bits per heavy atom. The van der Waals surface area contributed by atoms with E-state index in [1.54, 1.807) is 0 Å². The number of fused-ring (bicyclic) bond motifs is 4. The van der Waals surface area contributed by atoms with Crippen molar-refractivity contribution in [1.29, 1.82) is 0 Å². The molecule has 46 heavy (non-hydrogen) atoms. The summed E-state index contributed by atoms with van der Waals surface area (Å²) in [5, 5.41) is 3.24. The molecule has 0 aliphatic carbocycles. The van der Waals surface area contributed by atoms with Crippen LogP contribution in [-0.4, -0.2) is 16.8 Å². The minimum atomic E-state index is -0.518. The van der Waals surface area contributed by atoms with E-state index in [2.05, 4.69) is 173 Å². The Morgan fingerprint density at radius 1 is 0.913 bits per heavy atom. The van der Waals surface area contributed by atoms with Crippen molar-refractivity contribution in [2.24, 2.45) is 10.4 Å². The summed E-state index contributed by atoms with van der Waals surface area (Å²) in [5.74, 6) is 0. The average Bonchev–Trinajstić information content (AvgIpc) is 3.37. The van der Waals surface area contributed by atoms with E-state index in [0.717, 1.165) is 46.0 Å². The van der Waals surface area contributed by atoms with Crippen LogP contribution in [0.4, 0.5) is 0 Å². The highest BCUT2D eigenvalue weighted by Crippen LogP contribution is 2.49. The highest BCUT2D eigenvalue weighted by molar-refractivity contribution is 5.90. The predicted molar refractivity (Wildman–Crippen MR) is 198 cm³/mol. The van der Waals surface area contributed by atoms with Crippen molar-refractivity contribution in [2.75, 3.05) is 0 Å². The van der Waals surface area contributed by atoms with E-state index in [4.69, 9.17) is 4.99 Å². The molecule has 0 N–H and O–H groups in total. The summed E-state index contributed by atoms with van der Waals surface area (Å²) in [4.78, 5) is 4.89. The van der Waals surface area contributed by atoms with Crippen LogP contribution in [0.2, 0.25) is 0 Å². The molecule has 3 aromatic carbocycles. The number of aliphatic imine (C=N–C) groups is 1. The number of rotatable bonds is 5. The summed E-state index contributed by atoms with van der Waals surface area (Å²) in [6.07, 6.45) is 8.97. The Balaban J connectivity index is 1.46. The Kier molecular flexibility index (Phi) is 8.12. The maximum atomic E-state index is 4.89. The molecule has 1 aliphatic rings. The number of allylic oxidation sites excluding steroid dienone is 2. The molecule has 3 heterocycles. The highest BCUT2D eigenvalue weighted by Gasteiger charge is 2.47. The van der Waals surface area contributed by atoms with Gasteiger partial charge in [-0.25, -0.2) is 0 Å². The lowest BCUT2D eigenvalue weighted by atomic mass is 9.62. The molecule has 1 aliphatic heterocycles. The molecular weight excluding hydrogens is 558 g/mol. The zero-order valence-corrected chi connectivity index (χ0v) is 27.7. The molecule has 0 bridgehead atoms. The summed E-state index contributed by atoms with van der Waals surface area (Å²) in [6.45, 7) is 26.8. The molecule has 230 valence electrons. The number of aromatic nitrogens is 2. The third-order valence-electron chi connectivity index (χ3n) is 10.5. The summed E-state index contributed by atoms with van der Waals surface area (Å²) in [5.41, 5.74) is 9.42. The second-order valence-corrected chi connectivity index (χ2v) is 13.0. The van der Waals surface area contributed by atoms with Crippen LogP contribution in [0.3, 0.4) is 0 Å². The van der Waals surface area contributed by atoms with Crippen LogP contribution in [-0.2, 0) is 6.42 Å². The molecule has 0 fully saturated rings. The lowest BCUT2D eigenvalue weighted by molar-refractivity contribution is -0.571. The summed E-state index contributed by atoms with van der Waals surface area (Å²) in [6, 6.07) is 32.3. The maximum Gasteiger partial charge on any atom is 0.218 e. The molecule has 0 saturated carbocycles. The molecule has 0 amide bonds. The van der Waals surface area contributed by atoms with Gasteiger partial charge in [0, 0.05) is 44.8 Å². The molecule has 0 radical (unpaired) electrons. The van der Waals surface area contributed by atoms with Gasteiger partial charge in [-0.2, -0.15) is 4.57 Å². The number of aryl methyl sites for hydroxylation is 1. The number of hydrogen-bond acceptors (Lipinski definition) is 1. The first kappa shape index (κ1) is 31.0. The van der Waals surface area contributed by atoms with Crippen molar-refractivity contribution >= 4 is 41.7 Å². The topological polar surface area (TPSA) is 21.2 Å². The highest BCUT2D eigenvalue weighted by atomic mass is 15.0. The van der Waals surface area contributed by atoms with Crippen molar-refractivity contribution in [3.8, 4) is 22.4 Å². The minimum Gasteiger partial charge on any atom is -0.310 e. The molecule has 6 rings (SSSR count). The molecule has 3 heteroatoms. The average molecular weight is 603 g/mol. The lowest BCUT2D eigenvalue weighted by Crippen LogP contribution is -2.47. The summed E-state index contributed by atoms with van der Waals surface area (Å²) in [7, 11) is 0. The van der Waals surface area contributed by atoms with Gasteiger partial charge < -0.3 is 4.57 Å². The molecular formula is C43H44N3+. The van der Waals surface area contributed by atoms with Crippen LogP contribution in [0.5, 0.6) is 0 Å². The molecule has 5 aromatic rings. The van der Waals surface area contributed by atoms with E-state index < -0.39 is 5.54 Å². The van der Waals surface area contributed by atoms with Gasteiger partial charge in [-0.15, -0.1) is 0 Å². The first-order valence-corrected chi connectivity index (χ1v) is 16.1. The van der Waals surface area contributed by atoms with Gasteiger partial charge in [0.15, 0.2) is 11.9 Å².